The van der Waals surface area contributed by atoms with Crippen molar-refractivity contribution in [1.82, 2.24) is 25.1 Å². The Morgan fingerprint density at radius 1 is 1.41 bits per heavy atom. The predicted octanol–water partition coefficient (Wildman–Crippen LogP) is 1.72. The van der Waals surface area contributed by atoms with E-state index in [1.54, 1.807) is 4.68 Å². The first-order valence-electron chi connectivity index (χ1n) is 7.12. The molecule has 1 saturated heterocycles. The molecular weight excluding hydrogens is 350 g/mol. The highest BCUT2D eigenvalue weighted by Crippen LogP contribution is 2.22. The Hall–Kier alpha value is -1.80. The first-order valence-corrected chi connectivity index (χ1v) is 7.92. The van der Waals surface area contributed by atoms with E-state index in [4.69, 9.17) is 0 Å². The molecule has 1 aliphatic heterocycles. The monoisotopic (exact) mass is 365 g/mol. The third-order valence-corrected chi connectivity index (χ3v) is 4.51. The van der Waals surface area contributed by atoms with Gasteiger partial charge in [0.25, 0.3) is 0 Å². The van der Waals surface area contributed by atoms with Crippen molar-refractivity contribution >= 4 is 21.9 Å². The van der Waals surface area contributed by atoms with Crippen LogP contribution in [0.3, 0.4) is 0 Å². The third-order valence-electron chi connectivity index (χ3n) is 3.83. The van der Waals surface area contributed by atoms with Gasteiger partial charge in [-0.05, 0) is 57.9 Å². The number of carboxylic acids is 1. The van der Waals surface area contributed by atoms with E-state index in [-0.39, 0.29) is 5.92 Å². The van der Waals surface area contributed by atoms with Crippen LogP contribution in [0.5, 0.6) is 0 Å². The molecule has 1 N–H and O–H groups in total. The van der Waals surface area contributed by atoms with Crippen molar-refractivity contribution in [1.29, 1.82) is 0 Å². The van der Waals surface area contributed by atoms with Crippen LogP contribution < -0.4 is 0 Å². The number of piperidine rings is 1. The smallest absolute Gasteiger partial charge is 0.307 e. The number of benzene rings is 1. The van der Waals surface area contributed by atoms with Gasteiger partial charge in [0.1, 0.15) is 0 Å². The van der Waals surface area contributed by atoms with Gasteiger partial charge < -0.3 is 5.11 Å². The summed E-state index contributed by atoms with van der Waals surface area (Å²) < 4.78 is 2.60. The summed E-state index contributed by atoms with van der Waals surface area (Å²) >= 11 is 3.50. The fraction of sp³-hybridized carbons (Fsp3) is 0.429. The second kappa shape index (κ2) is 6.53. The highest BCUT2D eigenvalue weighted by Gasteiger charge is 2.26. The first-order chi connectivity index (χ1) is 10.6. The number of halogens is 1. The summed E-state index contributed by atoms with van der Waals surface area (Å²) in [5.74, 6) is -0.324. The minimum atomic E-state index is -0.727. The predicted molar refractivity (Wildman–Crippen MR) is 82.5 cm³/mol. The second-order valence-corrected chi connectivity index (χ2v) is 6.23. The van der Waals surface area contributed by atoms with Gasteiger partial charge in [-0.2, -0.15) is 4.68 Å². The van der Waals surface area contributed by atoms with E-state index in [2.05, 4.69) is 36.4 Å². The molecule has 1 aliphatic rings. The van der Waals surface area contributed by atoms with Gasteiger partial charge >= 0.3 is 5.97 Å². The average molecular weight is 366 g/mol. The molecule has 1 unspecified atom stereocenters. The second-order valence-electron chi connectivity index (χ2n) is 5.37. The summed E-state index contributed by atoms with van der Waals surface area (Å²) in [5.41, 5.74) is 0.870. The number of hydrogen-bond donors (Lipinski definition) is 1. The van der Waals surface area contributed by atoms with Crippen molar-refractivity contribution in [3.63, 3.8) is 0 Å². The summed E-state index contributed by atoms with van der Waals surface area (Å²) in [5, 5.41) is 21.1. The molecule has 1 aromatic heterocycles. The van der Waals surface area contributed by atoms with Crippen molar-refractivity contribution in [3.8, 4) is 5.69 Å². The van der Waals surface area contributed by atoms with Gasteiger partial charge in [0.2, 0.25) is 0 Å². The molecule has 2 aromatic rings. The lowest BCUT2D eigenvalue weighted by molar-refractivity contribution is -0.143. The van der Waals surface area contributed by atoms with Gasteiger partial charge in [-0.1, -0.05) is 12.1 Å². The maximum Gasteiger partial charge on any atom is 0.307 e. The number of likely N-dealkylation sites (tertiary alicyclic amines) is 1. The number of rotatable bonds is 4. The fourth-order valence-electron chi connectivity index (χ4n) is 2.72. The molecular formula is C14H16BrN5O2. The van der Waals surface area contributed by atoms with Gasteiger partial charge in [-0.25, -0.2) is 0 Å². The number of hydrogen-bond acceptors (Lipinski definition) is 5. The molecule has 116 valence electrons. The molecule has 0 saturated carbocycles. The molecule has 3 rings (SSSR count). The van der Waals surface area contributed by atoms with Crippen LogP contribution in [0.25, 0.3) is 5.69 Å². The van der Waals surface area contributed by atoms with Gasteiger partial charge in [0.05, 0.1) is 18.2 Å². The Labute approximate surface area is 136 Å². The number of aliphatic carboxylic acids is 1. The summed E-state index contributed by atoms with van der Waals surface area (Å²) in [7, 11) is 0. The molecule has 2 heterocycles. The maximum atomic E-state index is 11.2. The van der Waals surface area contributed by atoms with Crippen LogP contribution in [0.2, 0.25) is 0 Å². The number of nitrogens with zero attached hydrogens (tertiary/aromatic N) is 5. The molecule has 22 heavy (non-hydrogen) atoms. The summed E-state index contributed by atoms with van der Waals surface area (Å²) in [6.45, 7) is 1.95. The average Bonchev–Trinajstić information content (AvgIpc) is 2.96. The summed E-state index contributed by atoms with van der Waals surface area (Å²) in [6.07, 6.45) is 1.62. The van der Waals surface area contributed by atoms with Crippen LogP contribution in [0.1, 0.15) is 18.7 Å². The molecule has 1 atom stereocenters. The number of aromatic nitrogens is 4. The van der Waals surface area contributed by atoms with E-state index in [0.717, 1.165) is 29.5 Å². The van der Waals surface area contributed by atoms with Crippen LogP contribution >= 0.6 is 15.9 Å². The van der Waals surface area contributed by atoms with E-state index in [1.807, 2.05) is 24.3 Å². The van der Waals surface area contributed by atoms with Crippen LogP contribution in [0.4, 0.5) is 0 Å². The zero-order valence-electron chi connectivity index (χ0n) is 11.9. The number of tetrazole rings is 1. The number of carbonyl (C=O) groups is 1. The van der Waals surface area contributed by atoms with Gasteiger partial charge in [0, 0.05) is 11.0 Å². The van der Waals surface area contributed by atoms with Crippen LogP contribution in [0, 0.1) is 5.92 Å². The standard InChI is InChI=1S/C14H16BrN5O2/c15-11-5-1-2-6-12(11)20-13(16-17-18-20)9-19-7-3-4-10(8-19)14(21)22/h1-2,5-6,10H,3-4,7-9H2,(H,21,22). The third kappa shape index (κ3) is 3.17. The molecule has 0 aliphatic carbocycles. The van der Waals surface area contributed by atoms with E-state index >= 15 is 0 Å². The lowest BCUT2D eigenvalue weighted by Gasteiger charge is -2.29. The summed E-state index contributed by atoms with van der Waals surface area (Å²) in [4.78, 5) is 13.3. The van der Waals surface area contributed by atoms with E-state index < -0.39 is 5.97 Å². The van der Waals surface area contributed by atoms with Crippen LogP contribution in [0.15, 0.2) is 28.7 Å². The van der Waals surface area contributed by atoms with Crippen LogP contribution in [-0.2, 0) is 11.3 Å². The van der Waals surface area contributed by atoms with Gasteiger partial charge in [-0.3, -0.25) is 9.69 Å². The Balaban J connectivity index is 1.78. The Morgan fingerprint density at radius 2 is 2.23 bits per heavy atom. The van der Waals surface area contributed by atoms with E-state index in [0.29, 0.717) is 18.9 Å². The van der Waals surface area contributed by atoms with Crippen LogP contribution in [-0.4, -0.2) is 49.3 Å². The largest absolute Gasteiger partial charge is 0.481 e. The highest BCUT2D eigenvalue weighted by molar-refractivity contribution is 9.10. The highest BCUT2D eigenvalue weighted by atomic mass is 79.9. The molecule has 0 bridgehead atoms. The molecule has 7 nitrogen and oxygen atoms in total. The van der Waals surface area contributed by atoms with Gasteiger partial charge in [-0.15, -0.1) is 5.10 Å². The molecule has 0 amide bonds. The SMILES string of the molecule is O=C(O)C1CCCN(Cc2nnnn2-c2ccccc2Br)C1. The maximum absolute atomic E-state index is 11.2. The van der Waals surface area contributed by atoms with Crippen molar-refractivity contribution in [2.24, 2.45) is 5.92 Å². The number of carboxylic acid groups (broad SMARTS) is 1. The van der Waals surface area contributed by atoms with Crippen molar-refractivity contribution in [2.75, 3.05) is 13.1 Å². The molecule has 1 fully saturated rings. The molecule has 1 aromatic carbocycles. The van der Waals surface area contributed by atoms with E-state index in [9.17, 15) is 9.90 Å². The molecule has 0 radical (unpaired) electrons. The normalized spacial score (nSPS) is 19.2. The van der Waals surface area contributed by atoms with Crippen molar-refractivity contribution < 1.29 is 9.90 Å². The fourth-order valence-corrected chi connectivity index (χ4v) is 3.17. The zero-order chi connectivity index (χ0) is 15.5. The minimum absolute atomic E-state index is 0.304. The topological polar surface area (TPSA) is 84.1 Å². The molecule has 0 spiro atoms. The molecule has 8 heteroatoms. The van der Waals surface area contributed by atoms with Crippen molar-refractivity contribution in [2.45, 2.75) is 19.4 Å². The Morgan fingerprint density at radius 3 is 3.00 bits per heavy atom. The number of para-hydroxylation sites is 1. The minimum Gasteiger partial charge on any atom is -0.481 e. The Kier molecular flexibility index (Phi) is 4.49. The van der Waals surface area contributed by atoms with Crippen molar-refractivity contribution in [3.05, 3.63) is 34.6 Å². The van der Waals surface area contributed by atoms with E-state index in [1.165, 1.54) is 0 Å². The van der Waals surface area contributed by atoms with Gasteiger partial charge in [0.15, 0.2) is 5.82 Å². The quantitative estimate of drug-likeness (QED) is 0.887. The lowest BCUT2D eigenvalue weighted by Crippen LogP contribution is -2.38. The lowest BCUT2D eigenvalue weighted by atomic mass is 9.98. The Bertz CT molecular complexity index is 675. The zero-order valence-corrected chi connectivity index (χ0v) is 13.5. The first kappa shape index (κ1) is 15.1. The summed E-state index contributed by atoms with van der Waals surface area (Å²) in [6, 6.07) is 7.72.